The Labute approximate surface area is 422 Å². The molecule has 8 N–H and O–H groups in total. The van der Waals surface area contributed by atoms with Crippen molar-refractivity contribution in [1.29, 1.82) is 0 Å². The van der Waals surface area contributed by atoms with E-state index in [1.165, 1.54) is 17.1 Å². The maximum atomic E-state index is 15.2. The molecule has 4 atom stereocenters. The molecule has 9 amide bonds. The molecule has 23 heteroatoms. The molecule has 73 heavy (non-hydrogen) atoms. The van der Waals surface area contributed by atoms with Crippen LogP contribution in [0.25, 0.3) is 11.3 Å². The summed E-state index contributed by atoms with van der Waals surface area (Å²) in [5.74, 6) is -5.27. The van der Waals surface area contributed by atoms with Gasteiger partial charge < -0.3 is 41.6 Å². The number of nitrogens with two attached hydrogens (primary N) is 2. The van der Waals surface area contributed by atoms with Crippen LogP contribution in [0.15, 0.2) is 66.9 Å². The fraction of sp³-hybridized carbons (Fsp3) is 0.500. The van der Waals surface area contributed by atoms with Crippen molar-refractivity contribution in [3.8, 4) is 11.3 Å². The van der Waals surface area contributed by atoms with E-state index >= 15 is 4.39 Å². The molecule has 0 bridgehead atoms. The highest BCUT2D eigenvalue weighted by atomic mass is 19.1. The second-order valence-corrected chi connectivity index (χ2v) is 19.1. The summed E-state index contributed by atoms with van der Waals surface area (Å²) in [5.41, 5.74) is 13.4. The Balaban J connectivity index is 1.50. The number of benzene rings is 2. The number of imide groups is 1. The van der Waals surface area contributed by atoms with Gasteiger partial charge in [0.2, 0.25) is 11.8 Å². The van der Waals surface area contributed by atoms with E-state index in [0.29, 0.717) is 24.3 Å². The molecule has 1 aliphatic heterocycles. The highest BCUT2D eigenvalue weighted by Gasteiger charge is 2.39. The maximum absolute atomic E-state index is 15.2. The Hall–Kier alpha value is -7.30. The molecule has 0 aliphatic carbocycles. The van der Waals surface area contributed by atoms with E-state index in [1.807, 2.05) is 51.1 Å². The van der Waals surface area contributed by atoms with Gasteiger partial charge in [-0.25, -0.2) is 32.8 Å². The van der Waals surface area contributed by atoms with Gasteiger partial charge in [-0.1, -0.05) is 71.4 Å². The monoisotopic (exact) mass is 1020 g/mol. The van der Waals surface area contributed by atoms with Crippen LogP contribution in [0.1, 0.15) is 97.0 Å². The molecular formula is C50H68F3N11O9. The minimum atomic E-state index is -1.34. The number of imidazole rings is 1. The average Bonchev–Trinajstić information content (AvgIpc) is 3.89. The molecule has 398 valence electrons. The van der Waals surface area contributed by atoms with Crippen molar-refractivity contribution in [1.82, 2.24) is 45.7 Å². The van der Waals surface area contributed by atoms with Crippen molar-refractivity contribution in [3.63, 3.8) is 0 Å². The summed E-state index contributed by atoms with van der Waals surface area (Å²) in [4.78, 5) is 110. The molecule has 2 heterocycles. The van der Waals surface area contributed by atoms with Crippen LogP contribution in [0.2, 0.25) is 0 Å². The van der Waals surface area contributed by atoms with Crippen LogP contribution in [0.5, 0.6) is 0 Å². The smallest absolute Gasteiger partial charge is 0.428 e. The van der Waals surface area contributed by atoms with Gasteiger partial charge in [-0.2, -0.15) is 0 Å². The lowest BCUT2D eigenvalue weighted by molar-refractivity contribution is -0.140. The summed E-state index contributed by atoms with van der Waals surface area (Å²) < 4.78 is 50.7. The fourth-order valence-electron chi connectivity index (χ4n) is 7.96. The number of nitrogens with one attached hydrogen (secondary N) is 4. The maximum Gasteiger partial charge on any atom is 0.428 e. The molecule has 0 fully saturated rings. The molecule has 0 saturated heterocycles. The first-order chi connectivity index (χ1) is 34.5. The number of aromatic nitrogens is 2. The minimum absolute atomic E-state index is 0.0215. The number of ether oxygens (including phenoxy) is 1. The second-order valence-electron chi connectivity index (χ2n) is 19.1. The molecule has 4 rings (SSSR count). The van der Waals surface area contributed by atoms with Gasteiger partial charge in [0.05, 0.1) is 11.7 Å². The van der Waals surface area contributed by atoms with Crippen LogP contribution in [-0.2, 0) is 40.0 Å². The third-order valence-corrected chi connectivity index (χ3v) is 11.8. The van der Waals surface area contributed by atoms with Crippen LogP contribution >= 0.6 is 0 Å². The van der Waals surface area contributed by atoms with E-state index in [1.54, 1.807) is 24.6 Å². The van der Waals surface area contributed by atoms with Gasteiger partial charge in [0.1, 0.15) is 36.2 Å². The van der Waals surface area contributed by atoms with Crippen molar-refractivity contribution < 1.29 is 56.3 Å². The Morgan fingerprint density at radius 1 is 0.890 bits per heavy atom. The molecule has 1 aromatic heterocycles. The number of hydrogen-bond donors (Lipinski definition) is 6. The Morgan fingerprint density at radius 3 is 2.21 bits per heavy atom. The number of alkyl halides is 1. The summed E-state index contributed by atoms with van der Waals surface area (Å²) in [6.07, 6.45) is 4.18. The van der Waals surface area contributed by atoms with Crippen LogP contribution < -0.4 is 32.8 Å². The molecule has 0 radical (unpaired) electrons. The van der Waals surface area contributed by atoms with E-state index in [0.717, 1.165) is 35.7 Å². The van der Waals surface area contributed by atoms with Gasteiger partial charge in [-0.15, -0.1) is 0 Å². The first-order valence-corrected chi connectivity index (χ1v) is 24.1. The number of urea groups is 1. The van der Waals surface area contributed by atoms with E-state index < -0.39 is 108 Å². The molecule has 0 saturated carbocycles. The largest absolute Gasteiger partial charge is 0.438 e. The van der Waals surface area contributed by atoms with Crippen molar-refractivity contribution in [2.24, 2.45) is 22.8 Å². The number of carbonyl (C=O) groups is 8. The third kappa shape index (κ3) is 17.8. The number of primary amides is 1. The topological polar surface area (TPSA) is 273 Å². The standard InChI is InChI=1S/C50H68F3N11O9/c1-31(2)43(59-39(65)17-11-8-12-24-63-40(66)20-21-41(63)67)47(70)58-37(16-13-23-56-48(55)71)46(69)60-61(6)49(72)73-30-42(68)64(25-22-34(54)27-51)44(50(3,4)5)45-57-38(35-26-33(52)18-19-36(35)53)29-62(45)28-32-14-9-7-10-15-32/h7,9-10,14-15,18-21,26,29,31,34,37,43-44H,8,11-13,16-17,22-25,27-28,30,54H2,1-6H3,(H,58,70)(H,59,65)(H,60,69)(H3,55,56,71)/t34-,37-,43-,44-/m0/s1. The predicted octanol–water partition coefficient (Wildman–Crippen LogP) is 4.14. The summed E-state index contributed by atoms with van der Waals surface area (Å²) in [6, 6.07) is 6.96. The Bertz CT molecular complexity index is 2430. The number of hydrogen-bond acceptors (Lipinski definition) is 11. The molecular weight excluding hydrogens is 956 g/mol. The molecule has 3 aromatic rings. The normalized spacial score (nSPS) is 14.0. The van der Waals surface area contributed by atoms with Gasteiger partial charge in [-0.3, -0.25) is 39.1 Å². The van der Waals surface area contributed by atoms with Gasteiger partial charge >= 0.3 is 12.1 Å². The van der Waals surface area contributed by atoms with E-state index in [4.69, 9.17) is 21.2 Å². The number of rotatable bonds is 26. The third-order valence-electron chi connectivity index (χ3n) is 11.8. The van der Waals surface area contributed by atoms with Crippen LogP contribution in [-0.4, -0.2) is 130 Å². The van der Waals surface area contributed by atoms with Crippen molar-refractivity contribution in [3.05, 3.63) is 89.9 Å². The van der Waals surface area contributed by atoms with Gasteiger partial charge in [-0.05, 0) is 67.2 Å². The van der Waals surface area contributed by atoms with Crippen molar-refractivity contribution >= 4 is 47.6 Å². The van der Waals surface area contributed by atoms with Crippen molar-refractivity contribution in [2.75, 3.05) is 40.0 Å². The zero-order valence-corrected chi connectivity index (χ0v) is 42.1. The van der Waals surface area contributed by atoms with Crippen molar-refractivity contribution in [2.45, 2.75) is 110 Å². The lowest BCUT2D eigenvalue weighted by Crippen LogP contribution is -2.57. The summed E-state index contributed by atoms with van der Waals surface area (Å²) in [5, 5.41) is 8.36. The van der Waals surface area contributed by atoms with E-state index in [-0.39, 0.29) is 68.9 Å². The number of unbranched alkanes of at least 4 members (excludes halogenated alkanes) is 2. The van der Waals surface area contributed by atoms with Gasteiger partial charge in [0.25, 0.3) is 23.6 Å². The number of amides is 9. The van der Waals surface area contributed by atoms with Crippen LogP contribution in [0.4, 0.5) is 22.8 Å². The first kappa shape index (κ1) is 58.3. The average molecular weight is 1020 g/mol. The zero-order valence-electron chi connectivity index (χ0n) is 42.1. The summed E-state index contributed by atoms with van der Waals surface area (Å²) >= 11 is 0. The van der Waals surface area contributed by atoms with Crippen LogP contribution in [0, 0.1) is 23.0 Å². The molecule has 0 unspecified atom stereocenters. The first-order valence-electron chi connectivity index (χ1n) is 24.1. The number of nitrogens with zero attached hydrogens (tertiary/aromatic N) is 5. The molecule has 2 aromatic carbocycles. The van der Waals surface area contributed by atoms with Crippen LogP contribution in [0.3, 0.4) is 0 Å². The lowest BCUT2D eigenvalue weighted by atomic mass is 9.84. The molecule has 20 nitrogen and oxygen atoms in total. The zero-order chi connectivity index (χ0) is 54.0. The quantitative estimate of drug-likeness (QED) is 0.0378. The summed E-state index contributed by atoms with van der Waals surface area (Å²) in [7, 11) is 1.14. The highest BCUT2D eigenvalue weighted by molar-refractivity contribution is 6.12. The number of halogens is 3. The summed E-state index contributed by atoms with van der Waals surface area (Å²) in [6.45, 7) is 7.29. The predicted molar refractivity (Wildman–Crippen MR) is 263 cm³/mol. The van der Waals surface area contributed by atoms with Gasteiger partial charge in [0.15, 0.2) is 6.61 Å². The lowest BCUT2D eigenvalue weighted by Gasteiger charge is -2.40. The Kier molecular flexibility index (Phi) is 22.0. The molecule has 1 aliphatic rings. The number of hydrazine groups is 1. The minimum Gasteiger partial charge on any atom is -0.438 e. The van der Waals surface area contributed by atoms with E-state index in [9.17, 15) is 47.1 Å². The molecule has 0 spiro atoms. The van der Waals surface area contributed by atoms with Gasteiger partial charge in [0, 0.05) is 69.6 Å². The number of carbonyl (C=O) groups excluding carboxylic acids is 8. The Morgan fingerprint density at radius 2 is 1.58 bits per heavy atom. The SMILES string of the molecule is CC(C)[C@H](NC(=O)CCCCCN1C(=O)C=CC1=O)C(=O)N[C@@H](CCCNC(N)=O)C(=O)NN(C)C(=O)OCC(=O)N(CC[C@H](N)CF)[C@@H](c1nc(-c2cc(F)ccc2F)cn1Cc1ccccc1)C(C)(C)C. The highest BCUT2D eigenvalue weighted by Crippen LogP contribution is 2.40. The fourth-order valence-corrected chi connectivity index (χ4v) is 7.96. The second kappa shape index (κ2) is 27.5. The van der Waals surface area contributed by atoms with E-state index in [2.05, 4.69) is 21.4 Å².